The lowest BCUT2D eigenvalue weighted by molar-refractivity contribution is 0.269. The number of carbonyl (C=O) groups excluding carboxylic acids is 1. The summed E-state index contributed by atoms with van der Waals surface area (Å²) in [5.41, 5.74) is 0.418. The Morgan fingerprint density at radius 2 is 1.86 bits per heavy atom. The van der Waals surface area contributed by atoms with Gasteiger partial charge in [0, 0.05) is 6.07 Å². The summed E-state index contributed by atoms with van der Waals surface area (Å²) in [7, 11) is 2.97. The van der Waals surface area contributed by atoms with E-state index in [1.807, 2.05) is 0 Å². The number of nitrogens with one attached hydrogen (secondary N) is 1. The molecule has 2 N–H and O–H groups in total. The minimum Gasteiger partial charge on any atom is -0.507 e. The van der Waals surface area contributed by atoms with Gasteiger partial charge in [-0.15, -0.1) is 0 Å². The molecule has 2 rings (SSSR count). The second-order valence-electron chi connectivity index (χ2n) is 4.17. The molecule has 0 unspecified atom stereocenters. The summed E-state index contributed by atoms with van der Waals surface area (Å²) < 4.78 is 10.3. The van der Waals surface area contributed by atoms with Gasteiger partial charge in [-0.1, -0.05) is 23.7 Å². The first kappa shape index (κ1) is 16.3. The van der Waals surface area contributed by atoms with Gasteiger partial charge in [-0.25, -0.2) is 0 Å². The molecule has 0 bridgehead atoms. The van der Waals surface area contributed by atoms with Gasteiger partial charge in [-0.05, 0) is 30.0 Å². The van der Waals surface area contributed by atoms with Crippen LogP contribution in [0.5, 0.6) is 17.2 Å². The highest BCUT2D eigenvalue weighted by molar-refractivity contribution is 8.14. The van der Waals surface area contributed by atoms with Crippen LogP contribution in [0.3, 0.4) is 0 Å². The third kappa shape index (κ3) is 3.78. The van der Waals surface area contributed by atoms with Crippen LogP contribution in [0.2, 0.25) is 5.02 Å². The summed E-state index contributed by atoms with van der Waals surface area (Å²) in [6, 6.07) is 9.72. The zero-order chi connectivity index (χ0) is 16.1. The standard InChI is InChI=1S/C15H14ClNO4S/c1-20-12-8-13(21-2)10(7-9(12)16)17-15(19)22-14-6-4-3-5-11(14)18/h3-8,18H,1-2H3,(H,17,19). The third-order valence-corrected chi connectivity index (χ3v) is 3.93. The van der Waals surface area contributed by atoms with E-state index in [4.69, 9.17) is 21.1 Å². The maximum absolute atomic E-state index is 12.1. The lowest BCUT2D eigenvalue weighted by atomic mass is 10.2. The minimum absolute atomic E-state index is 0.0439. The number of phenolic OH excluding ortho intramolecular Hbond substituents is 1. The Balaban J connectivity index is 2.18. The molecular formula is C15H14ClNO4S. The first-order chi connectivity index (χ1) is 10.5. The molecule has 0 aliphatic heterocycles. The number of rotatable bonds is 4. The highest BCUT2D eigenvalue weighted by Gasteiger charge is 2.14. The number of anilines is 1. The number of ether oxygens (including phenoxy) is 2. The Hall–Kier alpha value is -2.05. The van der Waals surface area contributed by atoms with Gasteiger partial charge in [0.05, 0.1) is 29.8 Å². The summed E-state index contributed by atoms with van der Waals surface area (Å²) in [6.45, 7) is 0. The SMILES string of the molecule is COc1cc(OC)c(NC(=O)Sc2ccccc2O)cc1Cl. The molecule has 0 saturated heterocycles. The van der Waals surface area contributed by atoms with Crippen LogP contribution in [0.15, 0.2) is 41.3 Å². The summed E-state index contributed by atoms with van der Waals surface area (Å²) in [5, 5.41) is 12.3. The van der Waals surface area contributed by atoms with Crippen LogP contribution in [0.1, 0.15) is 0 Å². The molecule has 0 spiro atoms. The molecule has 0 saturated carbocycles. The predicted octanol–water partition coefficient (Wildman–Crippen LogP) is 4.39. The van der Waals surface area contributed by atoms with Gasteiger partial charge in [0.25, 0.3) is 5.24 Å². The van der Waals surface area contributed by atoms with E-state index in [1.165, 1.54) is 20.3 Å². The van der Waals surface area contributed by atoms with Crippen LogP contribution >= 0.6 is 23.4 Å². The van der Waals surface area contributed by atoms with E-state index in [1.54, 1.807) is 30.3 Å². The fourth-order valence-corrected chi connectivity index (χ4v) is 2.66. The summed E-state index contributed by atoms with van der Waals surface area (Å²) in [6.07, 6.45) is 0. The zero-order valence-corrected chi connectivity index (χ0v) is 13.5. The number of phenols is 1. The number of methoxy groups -OCH3 is 2. The number of benzene rings is 2. The molecule has 0 fully saturated rings. The van der Waals surface area contributed by atoms with E-state index in [9.17, 15) is 9.90 Å². The fourth-order valence-electron chi connectivity index (χ4n) is 1.74. The predicted molar refractivity (Wildman–Crippen MR) is 87.5 cm³/mol. The lowest BCUT2D eigenvalue weighted by Crippen LogP contribution is -2.06. The van der Waals surface area contributed by atoms with Crippen molar-refractivity contribution in [3.8, 4) is 17.2 Å². The average Bonchev–Trinajstić information content (AvgIpc) is 2.50. The summed E-state index contributed by atoms with van der Waals surface area (Å²) in [5.74, 6) is 0.916. The van der Waals surface area contributed by atoms with Crippen molar-refractivity contribution in [2.45, 2.75) is 4.90 Å². The molecule has 7 heteroatoms. The van der Waals surface area contributed by atoms with Gasteiger partial charge in [0.2, 0.25) is 0 Å². The van der Waals surface area contributed by atoms with Crippen LogP contribution in [-0.2, 0) is 0 Å². The Bertz CT molecular complexity index is 693. The van der Waals surface area contributed by atoms with Crippen LogP contribution < -0.4 is 14.8 Å². The van der Waals surface area contributed by atoms with E-state index in [0.717, 1.165) is 11.8 Å². The van der Waals surface area contributed by atoms with E-state index < -0.39 is 0 Å². The van der Waals surface area contributed by atoms with E-state index in [2.05, 4.69) is 5.32 Å². The van der Waals surface area contributed by atoms with Gasteiger partial charge in [-0.2, -0.15) is 0 Å². The average molecular weight is 340 g/mol. The molecule has 2 aromatic carbocycles. The number of aromatic hydroxyl groups is 1. The largest absolute Gasteiger partial charge is 0.507 e. The Kier molecular flexibility index (Phi) is 5.41. The van der Waals surface area contributed by atoms with Gasteiger partial charge < -0.3 is 19.9 Å². The summed E-state index contributed by atoms with van der Waals surface area (Å²) >= 11 is 6.92. The lowest BCUT2D eigenvalue weighted by Gasteiger charge is -2.13. The molecule has 0 aliphatic rings. The number of hydrogen-bond acceptors (Lipinski definition) is 5. The number of hydrogen-bond donors (Lipinski definition) is 2. The summed E-state index contributed by atoms with van der Waals surface area (Å²) in [4.78, 5) is 12.5. The second-order valence-corrected chi connectivity index (χ2v) is 5.59. The van der Waals surface area contributed by atoms with Crippen LogP contribution in [0, 0.1) is 0 Å². The van der Waals surface area contributed by atoms with Crippen LogP contribution in [-0.4, -0.2) is 24.6 Å². The fraction of sp³-hybridized carbons (Fsp3) is 0.133. The molecule has 2 aromatic rings. The first-order valence-corrected chi connectivity index (χ1v) is 7.43. The zero-order valence-electron chi connectivity index (χ0n) is 11.9. The molecule has 5 nitrogen and oxygen atoms in total. The van der Waals surface area contributed by atoms with E-state index in [0.29, 0.717) is 27.1 Å². The third-order valence-electron chi connectivity index (χ3n) is 2.78. The highest BCUT2D eigenvalue weighted by Crippen LogP contribution is 2.37. The van der Waals surface area contributed by atoms with Crippen LogP contribution in [0.25, 0.3) is 0 Å². The van der Waals surface area contributed by atoms with Gasteiger partial charge in [0.1, 0.15) is 17.2 Å². The van der Waals surface area contributed by atoms with Gasteiger partial charge in [0.15, 0.2) is 0 Å². The Morgan fingerprint density at radius 1 is 1.18 bits per heavy atom. The topological polar surface area (TPSA) is 67.8 Å². The quantitative estimate of drug-likeness (QED) is 0.809. The number of thioether (sulfide) groups is 1. The monoisotopic (exact) mass is 339 g/mol. The maximum atomic E-state index is 12.1. The van der Waals surface area contributed by atoms with Gasteiger partial charge in [-0.3, -0.25) is 4.79 Å². The molecule has 116 valence electrons. The Labute approximate surface area is 137 Å². The molecule has 0 aromatic heterocycles. The van der Waals surface area contributed by atoms with E-state index >= 15 is 0 Å². The second kappa shape index (κ2) is 7.29. The minimum atomic E-state index is -0.374. The first-order valence-electron chi connectivity index (χ1n) is 6.23. The molecular weight excluding hydrogens is 326 g/mol. The van der Waals surface area contributed by atoms with Crippen molar-refractivity contribution in [2.75, 3.05) is 19.5 Å². The highest BCUT2D eigenvalue weighted by atomic mass is 35.5. The van der Waals surface area contributed by atoms with Crippen molar-refractivity contribution < 1.29 is 19.4 Å². The molecule has 0 aliphatic carbocycles. The van der Waals surface area contributed by atoms with Gasteiger partial charge >= 0.3 is 0 Å². The molecule has 0 radical (unpaired) electrons. The molecule has 22 heavy (non-hydrogen) atoms. The maximum Gasteiger partial charge on any atom is 0.288 e. The number of carbonyl (C=O) groups is 1. The van der Waals surface area contributed by atoms with Crippen molar-refractivity contribution in [3.63, 3.8) is 0 Å². The van der Waals surface area contributed by atoms with Crippen molar-refractivity contribution in [1.29, 1.82) is 0 Å². The molecule has 0 heterocycles. The normalized spacial score (nSPS) is 10.1. The molecule has 0 atom stereocenters. The molecule has 1 amide bonds. The van der Waals surface area contributed by atoms with Crippen molar-refractivity contribution in [2.24, 2.45) is 0 Å². The Morgan fingerprint density at radius 3 is 2.50 bits per heavy atom. The number of para-hydroxylation sites is 1. The van der Waals surface area contributed by atoms with Crippen molar-refractivity contribution in [3.05, 3.63) is 41.4 Å². The van der Waals surface area contributed by atoms with Crippen molar-refractivity contribution >= 4 is 34.3 Å². The van der Waals surface area contributed by atoms with E-state index in [-0.39, 0.29) is 11.0 Å². The number of amides is 1. The smallest absolute Gasteiger partial charge is 0.288 e. The number of halogens is 1. The van der Waals surface area contributed by atoms with Crippen LogP contribution in [0.4, 0.5) is 10.5 Å². The van der Waals surface area contributed by atoms with Crippen molar-refractivity contribution in [1.82, 2.24) is 0 Å².